The fourth-order valence-electron chi connectivity index (χ4n) is 2.61. The van der Waals surface area contributed by atoms with Crippen LogP contribution in [0.1, 0.15) is 29.3 Å². The maximum atomic E-state index is 12.4. The van der Waals surface area contributed by atoms with Gasteiger partial charge in [-0.2, -0.15) is 12.7 Å². The highest BCUT2D eigenvalue weighted by atomic mass is 32.2. The molecule has 1 amide bonds. The molecule has 0 saturated heterocycles. The predicted molar refractivity (Wildman–Crippen MR) is 109 cm³/mol. The van der Waals surface area contributed by atoms with E-state index in [-0.39, 0.29) is 11.9 Å². The number of anilines is 1. The van der Waals surface area contributed by atoms with Gasteiger partial charge in [0.2, 0.25) is 0 Å². The number of amides is 1. The Morgan fingerprint density at radius 1 is 1.00 bits per heavy atom. The minimum atomic E-state index is -3.55. The van der Waals surface area contributed by atoms with Crippen LogP contribution in [-0.4, -0.2) is 45.8 Å². The SMILES string of the molecule is C[C@H](CCc1ccccc1)NC(=O)c1ccc(N(C)S(=O)(=O)N(C)C)cc1. The lowest BCUT2D eigenvalue weighted by molar-refractivity contribution is 0.0938. The number of nitrogens with zero attached hydrogens (tertiary/aromatic N) is 2. The Labute approximate surface area is 162 Å². The Bertz CT molecular complexity index is 850. The van der Waals surface area contributed by atoms with E-state index >= 15 is 0 Å². The molecule has 2 aromatic rings. The van der Waals surface area contributed by atoms with E-state index < -0.39 is 10.2 Å². The molecule has 0 aromatic heterocycles. The summed E-state index contributed by atoms with van der Waals surface area (Å²) >= 11 is 0. The van der Waals surface area contributed by atoms with E-state index in [2.05, 4.69) is 17.4 Å². The molecule has 1 N–H and O–H groups in total. The van der Waals surface area contributed by atoms with Gasteiger partial charge in [0.25, 0.3) is 5.91 Å². The van der Waals surface area contributed by atoms with E-state index in [0.29, 0.717) is 11.3 Å². The Morgan fingerprint density at radius 3 is 2.15 bits per heavy atom. The molecular formula is C20H27N3O3S. The molecule has 0 aliphatic rings. The number of hydrogen-bond acceptors (Lipinski definition) is 3. The highest BCUT2D eigenvalue weighted by molar-refractivity contribution is 7.90. The summed E-state index contributed by atoms with van der Waals surface area (Å²) in [6.45, 7) is 1.98. The smallest absolute Gasteiger partial charge is 0.303 e. The lowest BCUT2D eigenvalue weighted by Gasteiger charge is -2.23. The van der Waals surface area contributed by atoms with Gasteiger partial charge in [0, 0.05) is 32.7 Å². The molecule has 0 spiro atoms. The molecule has 0 unspecified atom stereocenters. The second-order valence-electron chi connectivity index (χ2n) is 6.70. The molecule has 2 rings (SSSR count). The third-order valence-corrected chi connectivity index (χ3v) is 6.21. The van der Waals surface area contributed by atoms with Crippen LogP contribution in [0.4, 0.5) is 5.69 Å². The number of rotatable bonds is 8. The van der Waals surface area contributed by atoms with Crippen LogP contribution in [0.25, 0.3) is 0 Å². The maximum Gasteiger partial charge on any atom is 0.303 e. The molecule has 2 aromatic carbocycles. The van der Waals surface area contributed by atoms with Crippen molar-refractivity contribution in [2.75, 3.05) is 25.4 Å². The van der Waals surface area contributed by atoms with Crippen LogP contribution >= 0.6 is 0 Å². The van der Waals surface area contributed by atoms with Crippen molar-refractivity contribution in [3.8, 4) is 0 Å². The van der Waals surface area contributed by atoms with Crippen molar-refractivity contribution in [3.63, 3.8) is 0 Å². The first-order valence-electron chi connectivity index (χ1n) is 8.83. The average molecular weight is 390 g/mol. The molecule has 1 atom stereocenters. The van der Waals surface area contributed by atoms with Crippen LogP contribution in [0.15, 0.2) is 54.6 Å². The average Bonchev–Trinajstić information content (AvgIpc) is 2.66. The Hall–Kier alpha value is -2.38. The van der Waals surface area contributed by atoms with Gasteiger partial charge in [-0.05, 0) is 49.6 Å². The number of benzene rings is 2. The first-order valence-corrected chi connectivity index (χ1v) is 10.2. The second kappa shape index (κ2) is 9.01. The van der Waals surface area contributed by atoms with Gasteiger partial charge < -0.3 is 5.32 Å². The summed E-state index contributed by atoms with van der Waals surface area (Å²) in [5.41, 5.74) is 2.24. The van der Waals surface area contributed by atoms with Crippen LogP contribution in [0.3, 0.4) is 0 Å². The molecule has 0 aliphatic heterocycles. The number of nitrogens with one attached hydrogen (secondary N) is 1. The van der Waals surface area contributed by atoms with E-state index in [1.165, 1.54) is 31.0 Å². The molecule has 0 bridgehead atoms. The highest BCUT2D eigenvalue weighted by Gasteiger charge is 2.21. The lowest BCUT2D eigenvalue weighted by atomic mass is 10.1. The number of aryl methyl sites for hydroxylation is 1. The summed E-state index contributed by atoms with van der Waals surface area (Å²) in [6, 6.07) is 16.7. The zero-order valence-corrected chi connectivity index (χ0v) is 17.0. The van der Waals surface area contributed by atoms with Gasteiger partial charge in [-0.15, -0.1) is 0 Å². The summed E-state index contributed by atoms with van der Waals surface area (Å²) < 4.78 is 26.6. The van der Waals surface area contributed by atoms with E-state index in [9.17, 15) is 13.2 Å². The van der Waals surface area contributed by atoms with Gasteiger partial charge in [0.1, 0.15) is 0 Å². The van der Waals surface area contributed by atoms with E-state index in [4.69, 9.17) is 0 Å². The summed E-state index contributed by atoms with van der Waals surface area (Å²) in [4.78, 5) is 12.4. The quantitative estimate of drug-likeness (QED) is 0.755. The zero-order chi connectivity index (χ0) is 20.0. The van der Waals surface area contributed by atoms with Gasteiger partial charge in [0.15, 0.2) is 0 Å². The third kappa shape index (κ3) is 5.55. The number of carbonyl (C=O) groups excluding carboxylic acids is 1. The first kappa shape index (κ1) is 20.9. The van der Waals surface area contributed by atoms with Gasteiger partial charge in [-0.25, -0.2) is 0 Å². The van der Waals surface area contributed by atoms with Crippen molar-refractivity contribution in [2.24, 2.45) is 0 Å². The van der Waals surface area contributed by atoms with Gasteiger partial charge in [-0.3, -0.25) is 9.10 Å². The van der Waals surface area contributed by atoms with Gasteiger partial charge in [0.05, 0.1) is 5.69 Å². The fraction of sp³-hybridized carbons (Fsp3) is 0.350. The zero-order valence-electron chi connectivity index (χ0n) is 16.2. The molecule has 7 heteroatoms. The molecule has 27 heavy (non-hydrogen) atoms. The molecule has 0 fully saturated rings. The van der Waals surface area contributed by atoms with Crippen molar-refractivity contribution >= 4 is 21.8 Å². The van der Waals surface area contributed by atoms with Crippen LogP contribution in [-0.2, 0) is 16.6 Å². The topological polar surface area (TPSA) is 69.7 Å². The van der Waals surface area contributed by atoms with Crippen molar-refractivity contribution in [1.82, 2.24) is 9.62 Å². The fourth-order valence-corrected chi connectivity index (χ4v) is 3.49. The minimum absolute atomic E-state index is 0.0363. The molecule has 0 saturated carbocycles. The summed E-state index contributed by atoms with van der Waals surface area (Å²) in [6.07, 6.45) is 1.74. The van der Waals surface area contributed by atoms with Crippen molar-refractivity contribution < 1.29 is 13.2 Å². The van der Waals surface area contributed by atoms with E-state index in [0.717, 1.165) is 17.1 Å². The molecule has 0 heterocycles. The Morgan fingerprint density at radius 2 is 1.59 bits per heavy atom. The first-order chi connectivity index (χ1) is 12.7. The summed E-state index contributed by atoms with van der Waals surface area (Å²) in [5, 5.41) is 2.98. The van der Waals surface area contributed by atoms with Crippen molar-refractivity contribution in [1.29, 1.82) is 0 Å². The Balaban J connectivity index is 1.95. The second-order valence-corrected chi connectivity index (χ2v) is 8.88. The standard InChI is InChI=1S/C20H27N3O3S/c1-16(10-11-17-8-6-5-7-9-17)21-20(24)18-12-14-19(15-13-18)23(4)27(25,26)22(2)3/h5-9,12-16H,10-11H2,1-4H3,(H,21,24)/t16-/m1/s1. The third-order valence-electron chi connectivity index (χ3n) is 4.39. The summed E-state index contributed by atoms with van der Waals surface area (Å²) in [7, 11) is 0.886. The van der Waals surface area contributed by atoms with Crippen LogP contribution < -0.4 is 9.62 Å². The predicted octanol–water partition coefficient (Wildman–Crippen LogP) is 2.68. The van der Waals surface area contributed by atoms with E-state index in [1.807, 2.05) is 25.1 Å². The number of hydrogen-bond donors (Lipinski definition) is 1. The van der Waals surface area contributed by atoms with Gasteiger partial charge in [-0.1, -0.05) is 30.3 Å². The van der Waals surface area contributed by atoms with Gasteiger partial charge >= 0.3 is 10.2 Å². The van der Waals surface area contributed by atoms with Crippen LogP contribution in [0.2, 0.25) is 0 Å². The largest absolute Gasteiger partial charge is 0.350 e. The number of carbonyl (C=O) groups is 1. The van der Waals surface area contributed by atoms with Crippen molar-refractivity contribution in [2.45, 2.75) is 25.8 Å². The highest BCUT2D eigenvalue weighted by Crippen LogP contribution is 2.18. The monoisotopic (exact) mass is 389 g/mol. The minimum Gasteiger partial charge on any atom is -0.350 e. The molecule has 146 valence electrons. The van der Waals surface area contributed by atoms with E-state index in [1.54, 1.807) is 24.3 Å². The molecule has 0 radical (unpaired) electrons. The molecule has 6 nitrogen and oxygen atoms in total. The normalized spacial score (nSPS) is 12.6. The Kier molecular flexibility index (Phi) is 6.98. The summed E-state index contributed by atoms with van der Waals surface area (Å²) in [5.74, 6) is -0.166. The maximum absolute atomic E-state index is 12.4. The molecular weight excluding hydrogens is 362 g/mol. The molecule has 0 aliphatic carbocycles. The van der Waals surface area contributed by atoms with Crippen LogP contribution in [0, 0.1) is 0 Å². The lowest BCUT2D eigenvalue weighted by Crippen LogP contribution is -2.37. The van der Waals surface area contributed by atoms with Crippen molar-refractivity contribution in [3.05, 3.63) is 65.7 Å². The van der Waals surface area contributed by atoms with Crippen LogP contribution in [0.5, 0.6) is 0 Å².